The molecule has 0 bridgehead atoms. The molecule has 1 heterocycles. The van der Waals surface area contributed by atoms with Crippen LogP contribution in [0, 0.1) is 11.3 Å². The van der Waals surface area contributed by atoms with Gasteiger partial charge in [0, 0.05) is 25.9 Å². The van der Waals surface area contributed by atoms with Gasteiger partial charge in [-0.2, -0.15) is 5.26 Å². The first-order chi connectivity index (χ1) is 8.74. The number of aryl methyl sites for hydroxylation is 1. The second-order valence-electron chi connectivity index (χ2n) is 4.70. The van der Waals surface area contributed by atoms with E-state index in [1.165, 1.54) is 5.56 Å². The SMILES string of the molecule is CCc1ccc(C(C#N)N2CCC(=O)CC2)cc1. The normalized spacial score (nSPS) is 18.3. The number of carbonyl (C=O) groups excluding carboxylic acids is 1. The van der Waals surface area contributed by atoms with Crippen LogP contribution < -0.4 is 0 Å². The number of nitrogens with zero attached hydrogens (tertiary/aromatic N) is 2. The summed E-state index contributed by atoms with van der Waals surface area (Å²) in [5.41, 5.74) is 2.31. The fourth-order valence-corrected chi connectivity index (χ4v) is 2.33. The summed E-state index contributed by atoms with van der Waals surface area (Å²) in [7, 11) is 0. The highest BCUT2D eigenvalue weighted by Gasteiger charge is 2.24. The number of hydrogen-bond donors (Lipinski definition) is 0. The average Bonchev–Trinajstić information content (AvgIpc) is 2.42. The maximum atomic E-state index is 11.2. The Bertz CT molecular complexity index is 448. The van der Waals surface area contributed by atoms with Gasteiger partial charge in [-0.05, 0) is 17.5 Å². The van der Waals surface area contributed by atoms with E-state index in [2.05, 4.69) is 30.0 Å². The van der Waals surface area contributed by atoms with Crippen LogP contribution in [0.15, 0.2) is 24.3 Å². The molecule has 18 heavy (non-hydrogen) atoms. The molecule has 1 unspecified atom stereocenters. The van der Waals surface area contributed by atoms with Crippen LogP contribution in [-0.4, -0.2) is 23.8 Å². The maximum absolute atomic E-state index is 11.2. The topological polar surface area (TPSA) is 44.1 Å². The van der Waals surface area contributed by atoms with Crippen molar-refractivity contribution >= 4 is 5.78 Å². The van der Waals surface area contributed by atoms with Crippen LogP contribution in [0.1, 0.15) is 36.9 Å². The van der Waals surface area contributed by atoms with Gasteiger partial charge < -0.3 is 0 Å². The third-order valence-electron chi connectivity index (χ3n) is 3.55. The van der Waals surface area contributed by atoms with E-state index in [4.69, 9.17) is 0 Å². The standard InChI is InChI=1S/C15H18N2O/c1-2-12-3-5-13(6-4-12)15(11-16)17-9-7-14(18)8-10-17/h3-6,15H,2,7-10H2,1H3. The Labute approximate surface area is 108 Å². The molecule has 0 N–H and O–H groups in total. The summed E-state index contributed by atoms with van der Waals surface area (Å²) in [6, 6.07) is 10.4. The van der Waals surface area contributed by atoms with E-state index in [0.29, 0.717) is 31.7 Å². The largest absolute Gasteiger partial charge is 0.300 e. The molecule has 1 atom stereocenters. The molecule has 2 rings (SSSR count). The molecule has 0 aliphatic carbocycles. The van der Waals surface area contributed by atoms with Gasteiger partial charge in [0.25, 0.3) is 0 Å². The van der Waals surface area contributed by atoms with Crippen molar-refractivity contribution in [1.29, 1.82) is 5.26 Å². The predicted octanol–water partition coefficient (Wildman–Crippen LogP) is 2.48. The lowest BCUT2D eigenvalue weighted by Crippen LogP contribution is -2.36. The summed E-state index contributed by atoms with van der Waals surface area (Å²) in [5.74, 6) is 0.310. The molecular formula is C15H18N2O. The molecule has 1 aromatic rings. The number of ketones is 1. The highest BCUT2D eigenvalue weighted by atomic mass is 16.1. The molecule has 0 aromatic heterocycles. The third kappa shape index (κ3) is 2.77. The van der Waals surface area contributed by atoms with Crippen molar-refractivity contribution in [2.75, 3.05) is 13.1 Å². The third-order valence-corrected chi connectivity index (χ3v) is 3.55. The van der Waals surface area contributed by atoms with E-state index in [1.807, 2.05) is 12.1 Å². The minimum Gasteiger partial charge on any atom is -0.300 e. The van der Waals surface area contributed by atoms with Crippen molar-refractivity contribution in [3.05, 3.63) is 35.4 Å². The van der Waals surface area contributed by atoms with E-state index in [-0.39, 0.29) is 6.04 Å². The van der Waals surface area contributed by atoms with Crippen molar-refractivity contribution in [3.8, 4) is 6.07 Å². The summed E-state index contributed by atoms with van der Waals surface area (Å²) >= 11 is 0. The summed E-state index contributed by atoms with van der Waals surface area (Å²) in [5, 5.41) is 9.35. The number of rotatable bonds is 3. The molecular weight excluding hydrogens is 224 g/mol. The average molecular weight is 242 g/mol. The number of hydrogen-bond acceptors (Lipinski definition) is 3. The van der Waals surface area contributed by atoms with Crippen LogP contribution in [0.25, 0.3) is 0 Å². The van der Waals surface area contributed by atoms with E-state index < -0.39 is 0 Å². The van der Waals surface area contributed by atoms with Crippen LogP contribution in [-0.2, 0) is 11.2 Å². The number of nitriles is 1. The number of likely N-dealkylation sites (tertiary alicyclic amines) is 1. The van der Waals surface area contributed by atoms with Crippen molar-refractivity contribution < 1.29 is 4.79 Å². The van der Waals surface area contributed by atoms with Gasteiger partial charge in [0.2, 0.25) is 0 Å². The molecule has 3 nitrogen and oxygen atoms in total. The van der Waals surface area contributed by atoms with Crippen molar-refractivity contribution in [2.24, 2.45) is 0 Å². The second-order valence-corrected chi connectivity index (χ2v) is 4.70. The first kappa shape index (κ1) is 12.8. The molecule has 1 aromatic carbocycles. The summed E-state index contributed by atoms with van der Waals surface area (Å²) in [4.78, 5) is 13.3. The molecule has 1 aliphatic heterocycles. The summed E-state index contributed by atoms with van der Waals surface area (Å²) < 4.78 is 0. The van der Waals surface area contributed by atoms with Crippen LogP contribution in [0.5, 0.6) is 0 Å². The van der Waals surface area contributed by atoms with Gasteiger partial charge >= 0.3 is 0 Å². The second kappa shape index (κ2) is 5.79. The molecule has 0 amide bonds. The minimum absolute atomic E-state index is 0.219. The Kier molecular flexibility index (Phi) is 4.11. The van der Waals surface area contributed by atoms with Gasteiger partial charge in [-0.25, -0.2) is 0 Å². The number of Topliss-reactive ketones (excluding diaryl/α,β-unsaturated/α-hetero) is 1. The Morgan fingerprint density at radius 3 is 2.39 bits per heavy atom. The van der Waals surface area contributed by atoms with Gasteiger partial charge in [0.05, 0.1) is 6.07 Å². The number of benzene rings is 1. The zero-order chi connectivity index (χ0) is 13.0. The Balaban J connectivity index is 2.12. The fourth-order valence-electron chi connectivity index (χ4n) is 2.33. The van der Waals surface area contributed by atoms with E-state index in [1.54, 1.807) is 0 Å². The number of carbonyl (C=O) groups is 1. The quantitative estimate of drug-likeness (QED) is 0.818. The van der Waals surface area contributed by atoms with Crippen molar-refractivity contribution in [2.45, 2.75) is 32.2 Å². The maximum Gasteiger partial charge on any atom is 0.135 e. The van der Waals surface area contributed by atoms with Crippen LogP contribution >= 0.6 is 0 Å². The highest BCUT2D eigenvalue weighted by molar-refractivity contribution is 5.79. The first-order valence-electron chi connectivity index (χ1n) is 6.48. The van der Waals surface area contributed by atoms with Crippen LogP contribution in [0.4, 0.5) is 0 Å². The molecule has 0 spiro atoms. The lowest BCUT2D eigenvalue weighted by molar-refractivity contribution is -0.121. The van der Waals surface area contributed by atoms with E-state index in [9.17, 15) is 10.1 Å². The zero-order valence-electron chi connectivity index (χ0n) is 10.7. The Morgan fingerprint density at radius 1 is 1.28 bits per heavy atom. The van der Waals surface area contributed by atoms with Gasteiger partial charge in [-0.3, -0.25) is 9.69 Å². The molecule has 94 valence electrons. The lowest BCUT2D eigenvalue weighted by Gasteiger charge is -2.30. The zero-order valence-corrected chi connectivity index (χ0v) is 10.7. The Morgan fingerprint density at radius 2 is 1.89 bits per heavy atom. The summed E-state index contributed by atoms with van der Waals surface area (Å²) in [6.45, 7) is 3.52. The van der Waals surface area contributed by atoms with Gasteiger partial charge in [0.15, 0.2) is 0 Å². The van der Waals surface area contributed by atoms with Crippen molar-refractivity contribution in [1.82, 2.24) is 4.90 Å². The lowest BCUT2D eigenvalue weighted by atomic mass is 10.0. The number of piperidine rings is 1. The minimum atomic E-state index is -0.219. The van der Waals surface area contributed by atoms with Gasteiger partial charge in [0.1, 0.15) is 11.8 Å². The highest BCUT2D eigenvalue weighted by Crippen LogP contribution is 2.23. The monoisotopic (exact) mass is 242 g/mol. The molecule has 0 radical (unpaired) electrons. The summed E-state index contributed by atoms with van der Waals surface area (Å²) in [6.07, 6.45) is 2.16. The van der Waals surface area contributed by atoms with E-state index in [0.717, 1.165) is 12.0 Å². The first-order valence-corrected chi connectivity index (χ1v) is 6.48. The fraction of sp³-hybridized carbons (Fsp3) is 0.467. The van der Waals surface area contributed by atoms with Crippen LogP contribution in [0.2, 0.25) is 0 Å². The molecule has 1 fully saturated rings. The Hall–Kier alpha value is -1.66. The van der Waals surface area contributed by atoms with Gasteiger partial charge in [-0.15, -0.1) is 0 Å². The van der Waals surface area contributed by atoms with Crippen LogP contribution in [0.3, 0.4) is 0 Å². The van der Waals surface area contributed by atoms with Gasteiger partial charge in [-0.1, -0.05) is 31.2 Å². The van der Waals surface area contributed by atoms with E-state index >= 15 is 0 Å². The molecule has 1 saturated heterocycles. The molecule has 0 saturated carbocycles. The van der Waals surface area contributed by atoms with Crippen molar-refractivity contribution in [3.63, 3.8) is 0 Å². The molecule has 3 heteroatoms. The smallest absolute Gasteiger partial charge is 0.135 e. The predicted molar refractivity (Wildman–Crippen MR) is 70.0 cm³/mol. The molecule has 1 aliphatic rings.